The predicted octanol–water partition coefficient (Wildman–Crippen LogP) is 0.703. The summed E-state index contributed by atoms with van der Waals surface area (Å²) in [6.07, 6.45) is 0. The van der Waals surface area contributed by atoms with Gasteiger partial charge in [0.1, 0.15) is 0 Å². The molecule has 18 heavy (non-hydrogen) atoms. The van der Waals surface area contributed by atoms with Gasteiger partial charge in [-0.1, -0.05) is 12.1 Å². The van der Waals surface area contributed by atoms with Gasteiger partial charge in [-0.3, -0.25) is 4.79 Å². The van der Waals surface area contributed by atoms with Crippen molar-refractivity contribution in [1.82, 2.24) is 10.2 Å². The van der Waals surface area contributed by atoms with Crippen LogP contribution >= 0.6 is 11.8 Å². The van der Waals surface area contributed by atoms with Gasteiger partial charge < -0.3 is 15.3 Å². The van der Waals surface area contributed by atoms with Crippen LogP contribution in [0.25, 0.3) is 0 Å². The Balaban J connectivity index is 1.80. The molecule has 1 aromatic rings. The van der Waals surface area contributed by atoms with Gasteiger partial charge in [-0.15, -0.1) is 11.8 Å². The Kier molecular flexibility index (Phi) is 5.04. The van der Waals surface area contributed by atoms with E-state index in [0.29, 0.717) is 5.75 Å². The van der Waals surface area contributed by atoms with Crippen molar-refractivity contribution in [3.8, 4) is 0 Å². The SMILES string of the molecule is O=C(CSc1ccc(CO)cc1)N1CCNCC1. The molecule has 5 heteroatoms. The van der Waals surface area contributed by atoms with Crippen molar-refractivity contribution in [3.05, 3.63) is 29.8 Å². The van der Waals surface area contributed by atoms with Crippen LogP contribution in [-0.4, -0.2) is 47.8 Å². The minimum atomic E-state index is 0.0602. The zero-order valence-electron chi connectivity index (χ0n) is 10.3. The number of benzene rings is 1. The first kappa shape index (κ1) is 13.4. The maximum Gasteiger partial charge on any atom is 0.233 e. The van der Waals surface area contributed by atoms with Crippen LogP contribution < -0.4 is 5.32 Å². The van der Waals surface area contributed by atoms with E-state index in [-0.39, 0.29) is 12.5 Å². The number of nitrogens with zero attached hydrogens (tertiary/aromatic N) is 1. The Labute approximate surface area is 111 Å². The molecule has 0 aliphatic carbocycles. The summed E-state index contributed by atoms with van der Waals surface area (Å²) in [4.78, 5) is 14.9. The summed E-state index contributed by atoms with van der Waals surface area (Å²) in [6.45, 7) is 3.46. The van der Waals surface area contributed by atoms with Crippen molar-refractivity contribution in [1.29, 1.82) is 0 Å². The Morgan fingerprint density at radius 1 is 1.28 bits per heavy atom. The number of aliphatic hydroxyl groups is 1. The summed E-state index contributed by atoms with van der Waals surface area (Å²) >= 11 is 1.55. The van der Waals surface area contributed by atoms with E-state index in [9.17, 15) is 4.79 Å². The highest BCUT2D eigenvalue weighted by atomic mass is 32.2. The zero-order valence-corrected chi connectivity index (χ0v) is 11.1. The molecule has 2 N–H and O–H groups in total. The number of aliphatic hydroxyl groups excluding tert-OH is 1. The quantitative estimate of drug-likeness (QED) is 0.788. The van der Waals surface area contributed by atoms with Crippen LogP contribution in [0.15, 0.2) is 29.2 Å². The van der Waals surface area contributed by atoms with E-state index in [1.165, 1.54) is 0 Å². The highest BCUT2D eigenvalue weighted by Gasteiger charge is 2.15. The van der Waals surface area contributed by atoms with Crippen molar-refractivity contribution < 1.29 is 9.90 Å². The molecule has 0 radical (unpaired) electrons. The number of hydrogen-bond acceptors (Lipinski definition) is 4. The zero-order chi connectivity index (χ0) is 12.8. The molecule has 0 unspecified atom stereocenters. The number of amides is 1. The van der Waals surface area contributed by atoms with Gasteiger partial charge in [0.2, 0.25) is 5.91 Å². The third-order valence-corrected chi connectivity index (χ3v) is 3.93. The third kappa shape index (κ3) is 3.73. The number of rotatable bonds is 4. The lowest BCUT2D eigenvalue weighted by molar-refractivity contribution is -0.128. The van der Waals surface area contributed by atoms with Crippen molar-refractivity contribution in [3.63, 3.8) is 0 Å². The standard InChI is InChI=1S/C13H18N2O2S/c16-9-11-1-3-12(4-2-11)18-10-13(17)15-7-5-14-6-8-15/h1-4,14,16H,5-10H2. The van der Waals surface area contributed by atoms with Gasteiger partial charge in [-0.2, -0.15) is 0 Å². The lowest BCUT2D eigenvalue weighted by Crippen LogP contribution is -2.47. The van der Waals surface area contributed by atoms with E-state index in [1.807, 2.05) is 29.2 Å². The first-order chi connectivity index (χ1) is 8.79. The summed E-state index contributed by atoms with van der Waals surface area (Å²) in [5, 5.41) is 12.2. The monoisotopic (exact) mass is 266 g/mol. The second-order valence-electron chi connectivity index (χ2n) is 4.22. The molecule has 1 aromatic carbocycles. The van der Waals surface area contributed by atoms with Crippen molar-refractivity contribution in [2.75, 3.05) is 31.9 Å². The molecule has 98 valence electrons. The second-order valence-corrected chi connectivity index (χ2v) is 5.27. The van der Waals surface area contributed by atoms with Crippen molar-refractivity contribution in [2.24, 2.45) is 0 Å². The number of carbonyl (C=O) groups is 1. The van der Waals surface area contributed by atoms with Crippen LogP contribution in [0.1, 0.15) is 5.56 Å². The fourth-order valence-corrected chi connectivity index (χ4v) is 2.64. The molecular formula is C13H18N2O2S. The number of piperazine rings is 1. The molecular weight excluding hydrogens is 248 g/mol. The first-order valence-electron chi connectivity index (χ1n) is 6.10. The fraction of sp³-hybridized carbons (Fsp3) is 0.462. The molecule has 1 aliphatic heterocycles. The maximum absolute atomic E-state index is 11.9. The lowest BCUT2D eigenvalue weighted by Gasteiger charge is -2.27. The smallest absolute Gasteiger partial charge is 0.233 e. The normalized spacial score (nSPS) is 15.7. The van der Waals surface area contributed by atoms with Crippen LogP contribution in [0.5, 0.6) is 0 Å². The molecule has 0 spiro atoms. The van der Waals surface area contributed by atoms with Gasteiger partial charge in [-0.05, 0) is 17.7 Å². The van der Waals surface area contributed by atoms with Crippen molar-refractivity contribution in [2.45, 2.75) is 11.5 Å². The molecule has 0 aromatic heterocycles. The minimum absolute atomic E-state index is 0.0602. The van der Waals surface area contributed by atoms with Crippen LogP contribution in [0.2, 0.25) is 0 Å². The number of nitrogens with one attached hydrogen (secondary N) is 1. The Morgan fingerprint density at radius 2 is 1.94 bits per heavy atom. The Morgan fingerprint density at radius 3 is 2.56 bits per heavy atom. The molecule has 0 atom stereocenters. The average molecular weight is 266 g/mol. The highest BCUT2D eigenvalue weighted by Crippen LogP contribution is 2.19. The topological polar surface area (TPSA) is 52.6 Å². The summed E-state index contributed by atoms with van der Waals surface area (Å²) in [5.41, 5.74) is 0.896. The predicted molar refractivity (Wildman–Crippen MR) is 72.5 cm³/mol. The lowest BCUT2D eigenvalue weighted by atomic mass is 10.2. The highest BCUT2D eigenvalue weighted by molar-refractivity contribution is 8.00. The van der Waals surface area contributed by atoms with Gasteiger partial charge >= 0.3 is 0 Å². The molecule has 1 heterocycles. The van der Waals surface area contributed by atoms with E-state index in [2.05, 4.69) is 5.32 Å². The van der Waals surface area contributed by atoms with E-state index in [4.69, 9.17) is 5.11 Å². The second kappa shape index (κ2) is 6.78. The summed E-state index contributed by atoms with van der Waals surface area (Å²) in [7, 11) is 0. The van der Waals surface area contributed by atoms with Gasteiger partial charge in [0.05, 0.1) is 12.4 Å². The van der Waals surface area contributed by atoms with E-state index < -0.39 is 0 Å². The Hall–Kier alpha value is -1.04. The fourth-order valence-electron chi connectivity index (χ4n) is 1.84. The molecule has 0 bridgehead atoms. The van der Waals surface area contributed by atoms with E-state index in [0.717, 1.165) is 36.6 Å². The summed E-state index contributed by atoms with van der Waals surface area (Å²) in [5.74, 6) is 0.686. The average Bonchev–Trinajstić information content (AvgIpc) is 2.46. The van der Waals surface area contributed by atoms with Crippen LogP contribution in [0, 0.1) is 0 Å². The summed E-state index contributed by atoms with van der Waals surface area (Å²) in [6, 6.07) is 7.66. The molecule has 2 rings (SSSR count). The van der Waals surface area contributed by atoms with Gasteiger partial charge in [0.15, 0.2) is 0 Å². The number of hydrogen-bond donors (Lipinski definition) is 2. The number of carbonyl (C=O) groups excluding carboxylic acids is 1. The van der Waals surface area contributed by atoms with Crippen LogP contribution in [-0.2, 0) is 11.4 Å². The van der Waals surface area contributed by atoms with Gasteiger partial charge in [0, 0.05) is 31.1 Å². The maximum atomic E-state index is 11.9. The number of thioether (sulfide) groups is 1. The van der Waals surface area contributed by atoms with E-state index >= 15 is 0 Å². The molecule has 0 saturated carbocycles. The van der Waals surface area contributed by atoms with Crippen molar-refractivity contribution >= 4 is 17.7 Å². The van der Waals surface area contributed by atoms with Crippen LogP contribution in [0.4, 0.5) is 0 Å². The van der Waals surface area contributed by atoms with Crippen LogP contribution in [0.3, 0.4) is 0 Å². The van der Waals surface area contributed by atoms with Gasteiger partial charge in [0.25, 0.3) is 0 Å². The molecule has 1 amide bonds. The molecule has 1 saturated heterocycles. The largest absolute Gasteiger partial charge is 0.392 e. The van der Waals surface area contributed by atoms with E-state index in [1.54, 1.807) is 11.8 Å². The Bertz CT molecular complexity index is 388. The molecule has 4 nitrogen and oxygen atoms in total. The summed E-state index contributed by atoms with van der Waals surface area (Å²) < 4.78 is 0. The third-order valence-electron chi connectivity index (χ3n) is 2.94. The molecule has 1 aliphatic rings. The minimum Gasteiger partial charge on any atom is -0.392 e. The molecule has 1 fully saturated rings. The van der Waals surface area contributed by atoms with Gasteiger partial charge in [-0.25, -0.2) is 0 Å². The first-order valence-corrected chi connectivity index (χ1v) is 7.09.